The summed E-state index contributed by atoms with van der Waals surface area (Å²) < 4.78 is 5.18. The van der Waals surface area contributed by atoms with Crippen LogP contribution in [0, 0.1) is 0 Å². The van der Waals surface area contributed by atoms with Crippen LogP contribution in [0.5, 0.6) is 0 Å². The molecule has 0 unspecified atom stereocenters. The lowest BCUT2D eigenvalue weighted by Crippen LogP contribution is -2.32. The highest BCUT2D eigenvalue weighted by atomic mass is 16.6. The number of nitrogens with zero attached hydrogens (tertiary/aromatic N) is 2. The first-order valence-electron chi connectivity index (χ1n) is 6.11. The highest BCUT2D eigenvalue weighted by Crippen LogP contribution is 2.14. The van der Waals surface area contributed by atoms with Gasteiger partial charge in [0.1, 0.15) is 5.60 Å². The summed E-state index contributed by atoms with van der Waals surface area (Å²) in [4.78, 5) is 20.1. The van der Waals surface area contributed by atoms with E-state index in [-0.39, 0.29) is 0 Å². The van der Waals surface area contributed by atoms with Crippen LogP contribution in [0.25, 0.3) is 10.9 Å². The Kier molecular flexibility index (Phi) is 3.64. The topological polar surface area (TPSA) is 64.1 Å². The van der Waals surface area contributed by atoms with Gasteiger partial charge in [0.05, 0.1) is 17.8 Å². The molecule has 0 radical (unpaired) electrons. The van der Waals surface area contributed by atoms with E-state index in [2.05, 4.69) is 15.3 Å². The number of hydrogen-bond acceptors (Lipinski definition) is 4. The van der Waals surface area contributed by atoms with Gasteiger partial charge in [-0.2, -0.15) is 0 Å². The third kappa shape index (κ3) is 3.64. The summed E-state index contributed by atoms with van der Waals surface area (Å²) >= 11 is 0. The number of fused-ring (bicyclic) bond motifs is 1. The second-order valence-corrected chi connectivity index (χ2v) is 5.18. The number of alkyl carbamates (subject to hydrolysis) is 1. The normalized spacial score (nSPS) is 11.3. The fourth-order valence-electron chi connectivity index (χ4n) is 1.67. The minimum absolute atomic E-state index is 0.317. The summed E-state index contributed by atoms with van der Waals surface area (Å²) in [5.74, 6) is 0. The average Bonchev–Trinajstić information content (AvgIpc) is 2.34. The molecular formula is C14H17N3O2. The Balaban J connectivity index is 2.08. The van der Waals surface area contributed by atoms with Crippen LogP contribution in [-0.2, 0) is 11.3 Å². The summed E-state index contributed by atoms with van der Waals surface area (Å²) in [5, 5.41) is 3.63. The summed E-state index contributed by atoms with van der Waals surface area (Å²) in [6.45, 7) is 5.80. The number of pyridine rings is 2. The van der Waals surface area contributed by atoms with Crippen molar-refractivity contribution in [1.29, 1.82) is 0 Å². The Labute approximate surface area is 112 Å². The molecule has 5 heteroatoms. The van der Waals surface area contributed by atoms with Gasteiger partial charge in [0.15, 0.2) is 0 Å². The molecule has 2 rings (SSSR count). The molecular weight excluding hydrogens is 242 g/mol. The molecule has 0 saturated heterocycles. The number of nitrogens with one attached hydrogen (secondary N) is 1. The second-order valence-electron chi connectivity index (χ2n) is 5.18. The van der Waals surface area contributed by atoms with Crippen LogP contribution < -0.4 is 5.32 Å². The van der Waals surface area contributed by atoms with Crippen molar-refractivity contribution in [2.24, 2.45) is 0 Å². The lowest BCUT2D eigenvalue weighted by molar-refractivity contribution is 0.0523. The van der Waals surface area contributed by atoms with Crippen LogP contribution in [0.2, 0.25) is 0 Å². The van der Waals surface area contributed by atoms with Crippen molar-refractivity contribution >= 4 is 17.0 Å². The first kappa shape index (κ1) is 13.3. The molecule has 0 spiro atoms. The number of aromatic nitrogens is 2. The van der Waals surface area contributed by atoms with Gasteiger partial charge in [-0.25, -0.2) is 4.79 Å². The standard InChI is InChI=1S/C14H17N3O2/c1-14(2,3)19-13(18)17-9-12-10-5-4-7-15-11(10)6-8-16-12/h4-8H,9H2,1-3H3,(H,17,18). The van der Waals surface area contributed by atoms with Gasteiger partial charge in [-0.3, -0.25) is 9.97 Å². The van der Waals surface area contributed by atoms with Gasteiger partial charge in [0, 0.05) is 17.8 Å². The number of carbonyl (C=O) groups is 1. The fourth-order valence-corrected chi connectivity index (χ4v) is 1.67. The Hall–Kier alpha value is -2.17. The number of amides is 1. The second kappa shape index (κ2) is 5.22. The van der Waals surface area contributed by atoms with E-state index in [0.717, 1.165) is 16.6 Å². The molecule has 0 aliphatic carbocycles. The molecule has 0 fully saturated rings. The van der Waals surface area contributed by atoms with Crippen molar-refractivity contribution in [3.8, 4) is 0 Å². The lowest BCUT2D eigenvalue weighted by Gasteiger charge is -2.19. The predicted molar refractivity (Wildman–Crippen MR) is 72.6 cm³/mol. The molecule has 100 valence electrons. The smallest absolute Gasteiger partial charge is 0.407 e. The molecule has 1 amide bonds. The molecule has 0 bridgehead atoms. The van der Waals surface area contributed by atoms with Gasteiger partial charge in [-0.05, 0) is 39.0 Å². The lowest BCUT2D eigenvalue weighted by atomic mass is 10.2. The number of hydrogen-bond donors (Lipinski definition) is 1. The van der Waals surface area contributed by atoms with Crippen molar-refractivity contribution in [2.45, 2.75) is 32.9 Å². The first-order chi connectivity index (χ1) is 8.96. The summed E-state index contributed by atoms with van der Waals surface area (Å²) in [6.07, 6.45) is 2.96. The van der Waals surface area contributed by atoms with E-state index >= 15 is 0 Å². The Morgan fingerprint density at radius 2 is 2.05 bits per heavy atom. The molecule has 2 aromatic heterocycles. The van der Waals surface area contributed by atoms with Crippen LogP contribution >= 0.6 is 0 Å². The van der Waals surface area contributed by atoms with Crippen molar-refractivity contribution in [1.82, 2.24) is 15.3 Å². The minimum Gasteiger partial charge on any atom is -0.444 e. The third-order valence-corrected chi connectivity index (χ3v) is 2.41. The largest absolute Gasteiger partial charge is 0.444 e. The van der Waals surface area contributed by atoms with Crippen molar-refractivity contribution in [2.75, 3.05) is 0 Å². The molecule has 19 heavy (non-hydrogen) atoms. The zero-order chi connectivity index (χ0) is 13.9. The molecule has 5 nitrogen and oxygen atoms in total. The monoisotopic (exact) mass is 259 g/mol. The highest BCUT2D eigenvalue weighted by Gasteiger charge is 2.16. The maximum Gasteiger partial charge on any atom is 0.407 e. The molecule has 0 aromatic carbocycles. The minimum atomic E-state index is -0.502. The van der Waals surface area contributed by atoms with Gasteiger partial charge in [-0.15, -0.1) is 0 Å². The Morgan fingerprint density at radius 1 is 1.26 bits per heavy atom. The van der Waals surface area contributed by atoms with E-state index in [0.29, 0.717) is 6.54 Å². The molecule has 2 heterocycles. The zero-order valence-corrected chi connectivity index (χ0v) is 11.3. The van der Waals surface area contributed by atoms with Crippen LogP contribution in [-0.4, -0.2) is 21.7 Å². The molecule has 0 aliphatic heterocycles. The maximum atomic E-state index is 11.6. The van der Waals surface area contributed by atoms with Gasteiger partial charge < -0.3 is 10.1 Å². The number of rotatable bonds is 2. The number of ether oxygens (including phenoxy) is 1. The molecule has 2 aromatic rings. The van der Waals surface area contributed by atoms with Crippen LogP contribution in [0.15, 0.2) is 30.6 Å². The van der Waals surface area contributed by atoms with E-state index in [1.807, 2.05) is 39.0 Å². The quantitative estimate of drug-likeness (QED) is 0.900. The van der Waals surface area contributed by atoms with Crippen LogP contribution in [0.3, 0.4) is 0 Å². The highest BCUT2D eigenvalue weighted by molar-refractivity contribution is 5.80. The van der Waals surface area contributed by atoms with Crippen LogP contribution in [0.1, 0.15) is 26.5 Å². The molecule has 0 aliphatic rings. The van der Waals surface area contributed by atoms with Gasteiger partial charge in [0.2, 0.25) is 0 Å². The van der Waals surface area contributed by atoms with Gasteiger partial charge in [-0.1, -0.05) is 0 Å². The zero-order valence-electron chi connectivity index (χ0n) is 11.3. The Bertz CT molecular complexity index is 585. The summed E-state index contributed by atoms with van der Waals surface area (Å²) in [7, 11) is 0. The van der Waals surface area contributed by atoms with E-state index in [1.165, 1.54) is 0 Å². The van der Waals surface area contributed by atoms with E-state index in [4.69, 9.17) is 4.74 Å². The SMILES string of the molecule is CC(C)(C)OC(=O)NCc1nccc2ncccc12. The molecule has 0 atom stereocenters. The van der Waals surface area contributed by atoms with E-state index in [1.54, 1.807) is 12.4 Å². The van der Waals surface area contributed by atoms with Crippen molar-refractivity contribution in [3.05, 3.63) is 36.3 Å². The third-order valence-electron chi connectivity index (χ3n) is 2.41. The van der Waals surface area contributed by atoms with Crippen LogP contribution in [0.4, 0.5) is 4.79 Å². The van der Waals surface area contributed by atoms with Gasteiger partial charge >= 0.3 is 6.09 Å². The summed E-state index contributed by atoms with van der Waals surface area (Å²) in [5.41, 5.74) is 1.13. The Morgan fingerprint density at radius 3 is 2.79 bits per heavy atom. The number of carbonyl (C=O) groups excluding carboxylic acids is 1. The average molecular weight is 259 g/mol. The summed E-state index contributed by atoms with van der Waals surface area (Å²) in [6, 6.07) is 5.62. The van der Waals surface area contributed by atoms with E-state index < -0.39 is 11.7 Å². The van der Waals surface area contributed by atoms with Crippen molar-refractivity contribution in [3.63, 3.8) is 0 Å². The molecule has 1 N–H and O–H groups in total. The fraction of sp³-hybridized carbons (Fsp3) is 0.357. The van der Waals surface area contributed by atoms with Gasteiger partial charge in [0.25, 0.3) is 0 Å². The molecule has 0 saturated carbocycles. The van der Waals surface area contributed by atoms with Crippen molar-refractivity contribution < 1.29 is 9.53 Å². The predicted octanol–water partition coefficient (Wildman–Crippen LogP) is 2.65. The van der Waals surface area contributed by atoms with E-state index in [9.17, 15) is 4.79 Å². The first-order valence-corrected chi connectivity index (χ1v) is 6.11. The maximum absolute atomic E-state index is 11.6.